The highest BCUT2D eigenvalue weighted by molar-refractivity contribution is 5.93. The molecular weight excluding hydrogens is 318 g/mol. The Morgan fingerprint density at radius 3 is 2.08 bits per heavy atom. The van der Waals surface area contributed by atoms with E-state index in [1.807, 2.05) is 11.9 Å². The summed E-state index contributed by atoms with van der Waals surface area (Å²) in [6, 6.07) is 7.32. The van der Waals surface area contributed by atoms with Gasteiger partial charge in [0.2, 0.25) is 5.91 Å². The van der Waals surface area contributed by atoms with Crippen molar-refractivity contribution in [1.82, 2.24) is 4.90 Å². The summed E-state index contributed by atoms with van der Waals surface area (Å²) in [6.45, 7) is 0.0185. The van der Waals surface area contributed by atoms with Gasteiger partial charge in [0, 0.05) is 31.6 Å². The molecule has 2 rings (SSSR count). The molecule has 1 aliphatic rings. The number of urea groups is 1. The molecule has 0 heterocycles. The maximum absolute atomic E-state index is 12.5. The molecule has 3 amide bonds. The van der Waals surface area contributed by atoms with Crippen molar-refractivity contribution >= 4 is 23.3 Å². The third kappa shape index (κ3) is 6.38. The lowest BCUT2D eigenvalue weighted by Crippen LogP contribution is -2.40. The normalized spacial score (nSPS) is 15.8. The van der Waals surface area contributed by atoms with Crippen LogP contribution in [0.4, 0.5) is 16.2 Å². The Morgan fingerprint density at radius 2 is 1.52 bits per heavy atom. The van der Waals surface area contributed by atoms with Gasteiger partial charge in [-0.3, -0.25) is 4.79 Å². The number of amides is 3. The van der Waals surface area contributed by atoms with Crippen molar-refractivity contribution < 1.29 is 14.3 Å². The van der Waals surface area contributed by atoms with Gasteiger partial charge in [-0.05, 0) is 37.1 Å². The lowest BCUT2D eigenvalue weighted by atomic mass is 9.96. The molecule has 0 atom stereocenters. The molecule has 1 aliphatic carbocycles. The monoisotopic (exact) mass is 347 g/mol. The largest absolute Gasteiger partial charge is 0.375 e. The van der Waals surface area contributed by atoms with Crippen LogP contribution in [-0.2, 0) is 9.53 Å². The summed E-state index contributed by atoms with van der Waals surface area (Å²) < 4.78 is 4.78. The van der Waals surface area contributed by atoms with Crippen LogP contribution in [-0.4, -0.2) is 43.6 Å². The predicted molar refractivity (Wildman–Crippen MR) is 99.8 cm³/mol. The zero-order valence-electron chi connectivity index (χ0n) is 15.2. The fraction of sp³-hybridized carbons (Fsp3) is 0.579. The average molecular weight is 347 g/mol. The molecule has 0 unspecified atom stereocenters. The Hall–Kier alpha value is -2.08. The fourth-order valence-electron chi connectivity index (χ4n) is 3.16. The summed E-state index contributed by atoms with van der Waals surface area (Å²) in [6.07, 6.45) is 8.39. The number of rotatable bonds is 5. The summed E-state index contributed by atoms with van der Waals surface area (Å²) in [5.41, 5.74) is 1.39. The van der Waals surface area contributed by atoms with Crippen LogP contribution in [0.25, 0.3) is 0 Å². The van der Waals surface area contributed by atoms with Crippen LogP contribution < -0.4 is 10.6 Å². The number of carbonyl (C=O) groups excluding carboxylic acids is 2. The first-order chi connectivity index (χ1) is 12.1. The molecule has 1 aromatic rings. The molecule has 0 aromatic heterocycles. The van der Waals surface area contributed by atoms with Gasteiger partial charge >= 0.3 is 6.03 Å². The van der Waals surface area contributed by atoms with E-state index in [9.17, 15) is 9.59 Å². The van der Waals surface area contributed by atoms with E-state index >= 15 is 0 Å². The smallest absolute Gasteiger partial charge is 0.321 e. The molecule has 2 N–H and O–H groups in total. The van der Waals surface area contributed by atoms with E-state index in [2.05, 4.69) is 10.6 Å². The van der Waals surface area contributed by atoms with Gasteiger partial charge in [0.25, 0.3) is 0 Å². The van der Waals surface area contributed by atoms with Crippen molar-refractivity contribution in [3.8, 4) is 0 Å². The van der Waals surface area contributed by atoms with Crippen LogP contribution in [0.5, 0.6) is 0 Å². The quantitative estimate of drug-likeness (QED) is 0.850. The molecule has 25 heavy (non-hydrogen) atoms. The van der Waals surface area contributed by atoms with Crippen LogP contribution >= 0.6 is 0 Å². The first-order valence-corrected chi connectivity index (χ1v) is 9.03. The van der Waals surface area contributed by atoms with Crippen molar-refractivity contribution in [2.24, 2.45) is 0 Å². The summed E-state index contributed by atoms with van der Waals surface area (Å²) in [4.78, 5) is 25.8. The third-order valence-electron chi connectivity index (χ3n) is 4.64. The van der Waals surface area contributed by atoms with Crippen LogP contribution in [0.3, 0.4) is 0 Å². The van der Waals surface area contributed by atoms with Crippen molar-refractivity contribution in [1.29, 1.82) is 0 Å². The van der Waals surface area contributed by atoms with Crippen LogP contribution in [0.2, 0.25) is 0 Å². The lowest BCUT2D eigenvalue weighted by molar-refractivity contribution is -0.119. The second kappa shape index (κ2) is 10.0. The van der Waals surface area contributed by atoms with Crippen molar-refractivity contribution in [2.75, 3.05) is 31.4 Å². The number of hydrogen-bond acceptors (Lipinski definition) is 3. The zero-order chi connectivity index (χ0) is 18.1. The minimum absolute atomic E-state index is 0.0185. The molecule has 0 spiro atoms. The van der Waals surface area contributed by atoms with E-state index in [0.29, 0.717) is 17.4 Å². The van der Waals surface area contributed by atoms with Gasteiger partial charge in [-0.1, -0.05) is 32.1 Å². The number of anilines is 2. The van der Waals surface area contributed by atoms with E-state index < -0.39 is 0 Å². The number of hydrogen-bond donors (Lipinski definition) is 2. The van der Waals surface area contributed by atoms with Gasteiger partial charge in [-0.25, -0.2) is 4.79 Å². The topological polar surface area (TPSA) is 70.7 Å². The molecule has 0 bridgehead atoms. The SMILES string of the molecule is COCC(=O)Nc1ccc(NC(=O)N(C)C2CCCCCCC2)cc1. The number of benzene rings is 1. The minimum atomic E-state index is -0.205. The number of carbonyl (C=O) groups is 2. The Kier molecular flexibility index (Phi) is 7.73. The van der Waals surface area contributed by atoms with Crippen molar-refractivity contribution in [3.05, 3.63) is 24.3 Å². The molecule has 6 heteroatoms. The highest BCUT2D eigenvalue weighted by atomic mass is 16.5. The fourth-order valence-corrected chi connectivity index (χ4v) is 3.16. The molecular formula is C19H29N3O3. The molecule has 6 nitrogen and oxygen atoms in total. The standard InChI is InChI=1S/C19H29N3O3/c1-22(17-8-6-4-3-5-7-9-17)19(24)21-16-12-10-15(11-13-16)20-18(23)14-25-2/h10-13,17H,3-9,14H2,1-2H3,(H,20,23)(H,21,24). The Balaban J connectivity index is 1.87. The van der Waals surface area contributed by atoms with E-state index in [-0.39, 0.29) is 18.5 Å². The van der Waals surface area contributed by atoms with Crippen molar-refractivity contribution in [2.45, 2.75) is 51.0 Å². The number of methoxy groups -OCH3 is 1. The number of ether oxygens (including phenoxy) is 1. The zero-order valence-corrected chi connectivity index (χ0v) is 15.2. The second-order valence-corrected chi connectivity index (χ2v) is 6.60. The number of nitrogens with zero attached hydrogens (tertiary/aromatic N) is 1. The summed E-state index contributed by atoms with van der Waals surface area (Å²) in [7, 11) is 3.35. The maximum atomic E-state index is 12.5. The minimum Gasteiger partial charge on any atom is -0.375 e. The first-order valence-electron chi connectivity index (χ1n) is 9.03. The second-order valence-electron chi connectivity index (χ2n) is 6.60. The van der Waals surface area contributed by atoms with Gasteiger partial charge < -0.3 is 20.3 Å². The Morgan fingerprint density at radius 1 is 1.00 bits per heavy atom. The average Bonchev–Trinajstić information content (AvgIpc) is 2.56. The van der Waals surface area contributed by atoms with Gasteiger partial charge in [-0.2, -0.15) is 0 Å². The Labute approximate surface area is 149 Å². The molecule has 1 aromatic carbocycles. The highest BCUT2D eigenvalue weighted by Crippen LogP contribution is 2.21. The summed E-state index contributed by atoms with van der Waals surface area (Å²) in [5.74, 6) is -0.205. The Bertz CT molecular complexity index is 552. The predicted octanol–water partition coefficient (Wildman–Crippen LogP) is 3.85. The van der Waals surface area contributed by atoms with Crippen molar-refractivity contribution in [3.63, 3.8) is 0 Å². The molecule has 1 fully saturated rings. The van der Waals surface area contributed by atoms with E-state index in [4.69, 9.17) is 4.74 Å². The van der Waals surface area contributed by atoms with Crippen LogP contribution in [0.1, 0.15) is 44.9 Å². The third-order valence-corrected chi connectivity index (χ3v) is 4.64. The number of nitrogens with one attached hydrogen (secondary N) is 2. The van der Waals surface area contributed by atoms with Gasteiger partial charge in [0.15, 0.2) is 0 Å². The molecule has 0 saturated heterocycles. The summed E-state index contributed by atoms with van der Waals surface area (Å²) >= 11 is 0. The van der Waals surface area contributed by atoms with Gasteiger partial charge in [-0.15, -0.1) is 0 Å². The molecule has 1 saturated carbocycles. The van der Waals surface area contributed by atoms with Gasteiger partial charge in [0.05, 0.1) is 0 Å². The van der Waals surface area contributed by atoms with Crippen LogP contribution in [0.15, 0.2) is 24.3 Å². The summed E-state index contributed by atoms with van der Waals surface area (Å²) in [5, 5.41) is 5.65. The highest BCUT2D eigenvalue weighted by Gasteiger charge is 2.20. The van der Waals surface area contributed by atoms with Crippen LogP contribution in [0, 0.1) is 0 Å². The van der Waals surface area contributed by atoms with E-state index in [1.54, 1.807) is 24.3 Å². The van der Waals surface area contributed by atoms with E-state index in [1.165, 1.54) is 39.2 Å². The van der Waals surface area contributed by atoms with Gasteiger partial charge in [0.1, 0.15) is 6.61 Å². The molecule has 0 radical (unpaired) electrons. The lowest BCUT2D eigenvalue weighted by Gasteiger charge is -2.29. The molecule has 0 aliphatic heterocycles. The first kappa shape index (κ1) is 19.2. The van der Waals surface area contributed by atoms with E-state index in [0.717, 1.165) is 12.8 Å². The maximum Gasteiger partial charge on any atom is 0.321 e. The molecule has 138 valence electrons.